The van der Waals surface area contributed by atoms with Crippen LogP contribution in [-0.4, -0.2) is 76.5 Å². The van der Waals surface area contributed by atoms with E-state index in [2.05, 4.69) is 15.5 Å². The Balaban J connectivity index is 1.78. The zero-order valence-corrected chi connectivity index (χ0v) is 17.7. The van der Waals surface area contributed by atoms with E-state index in [0.717, 1.165) is 11.3 Å². The summed E-state index contributed by atoms with van der Waals surface area (Å²) in [5, 5.41) is 17.1. The van der Waals surface area contributed by atoms with Crippen LogP contribution in [0.5, 0.6) is 0 Å². The van der Waals surface area contributed by atoms with Crippen molar-refractivity contribution in [3.8, 4) is 0 Å². The SMILES string of the molecule is COC/C=C\C1=C(C(=O)O)N2C(=O)C(NC(=O)/C(=N\OC)c3csc(N)n3)[C@H]2SC1. The lowest BCUT2D eigenvalue weighted by Gasteiger charge is -2.49. The number of fused-ring (bicyclic) bond motifs is 1. The predicted octanol–water partition coefficient (Wildman–Crippen LogP) is 0.0170. The Labute approximate surface area is 179 Å². The van der Waals surface area contributed by atoms with Crippen LogP contribution in [0.2, 0.25) is 0 Å². The molecule has 1 unspecified atom stereocenters. The quantitative estimate of drug-likeness (QED) is 0.280. The molecule has 0 aliphatic carbocycles. The van der Waals surface area contributed by atoms with Gasteiger partial charge in [0.1, 0.15) is 29.9 Å². The van der Waals surface area contributed by atoms with E-state index in [-0.39, 0.29) is 22.2 Å². The second-order valence-corrected chi connectivity index (χ2v) is 8.09. The van der Waals surface area contributed by atoms with Crippen LogP contribution in [-0.2, 0) is 24.0 Å². The summed E-state index contributed by atoms with van der Waals surface area (Å²) in [5.41, 5.74) is 6.09. The molecule has 4 N–H and O–H groups in total. The number of aliphatic carboxylic acids is 1. The smallest absolute Gasteiger partial charge is 0.352 e. The standard InChI is InChI=1S/C17H19N5O6S2/c1-27-5-3-4-8-6-29-15-11(14(24)22(15)12(8)16(25)26)20-13(23)10(21-28-2)9-7-30-17(18)19-9/h3-4,7,11,15H,5-6H2,1-2H3,(H2,18,19)(H,20,23)(H,25,26)/b4-3-,21-10-/t11?,15-/m1/s1. The molecule has 1 aromatic rings. The lowest BCUT2D eigenvalue weighted by atomic mass is 10.0. The Morgan fingerprint density at radius 3 is 2.87 bits per heavy atom. The molecule has 2 atom stereocenters. The van der Waals surface area contributed by atoms with Crippen molar-refractivity contribution in [3.63, 3.8) is 0 Å². The Morgan fingerprint density at radius 2 is 2.27 bits per heavy atom. The molecule has 1 saturated heterocycles. The van der Waals surface area contributed by atoms with E-state index in [1.165, 1.54) is 30.9 Å². The van der Waals surface area contributed by atoms with Crippen molar-refractivity contribution in [1.29, 1.82) is 0 Å². The van der Waals surface area contributed by atoms with Gasteiger partial charge in [-0.1, -0.05) is 17.3 Å². The van der Waals surface area contributed by atoms with Gasteiger partial charge in [0.2, 0.25) is 0 Å². The fourth-order valence-corrected chi connectivity index (χ4v) is 4.83. The topological polar surface area (TPSA) is 156 Å². The number of carboxylic acid groups (broad SMARTS) is 1. The number of β-lactam (4-membered cyclic amide) rings is 1. The fourth-order valence-electron chi connectivity index (χ4n) is 2.96. The first-order chi connectivity index (χ1) is 14.4. The number of nitrogens with zero attached hydrogens (tertiary/aromatic N) is 3. The van der Waals surface area contributed by atoms with Gasteiger partial charge in [0.25, 0.3) is 11.8 Å². The Morgan fingerprint density at radius 1 is 1.50 bits per heavy atom. The number of aromatic nitrogens is 1. The van der Waals surface area contributed by atoms with Crippen LogP contribution in [0.4, 0.5) is 5.13 Å². The zero-order valence-electron chi connectivity index (χ0n) is 16.0. The lowest BCUT2D eigenvalue weighted by Crippen LogP contribution is -2.71. The summed E-state index contributed by atoms with van der Waals surface area (Å²) < 4.78 is 4.93. The molecule has 3 heterocycles. The molecular formula is C17H19N5O6S2. The van der Waals surface area contributed by atoms with E-state index in [9.17, 15) is 19.5 Å². The van der Waals surface area contributed by atoms with Crippen LogP contribution < -0.4 is 11.1 Å². The van der Waals surface area contributed by atoms with Crippen LogP contribution in [0.3, 0.4) is 0 Å². The Hall–Kier alpha value is -2.90. The molecule has 2 amide bonds. The maximum atomic E-state index is 12.7. The molecule has 0 radical (unpaired) electrons. The normalized spacial score (nSPS) is 21.5. The van der Waals surface area contributed by atoms with Crippen molar-refractivity contribution in [2.75, 3.05) is 32.3 Å². The number of oxime groups is 1. The number of nitrogens with two attached hydrogens (primary N) is 1. The number of rotatable bonds is 8. The van der Waals surface area contributed by atoms with Crippen molar-refractivity contribution in [3.05, 3.63) is 34.5 Å². The first-order valence-electron chi connectivity index (χ1n) is 8.59. The molecule has 1 fully saturated rings. The zero-order chi connectivity index (χ0) is 21.8. The molecule has 0 bridgehead atoms. The summed E-state index contributed by atoms with van der Waals surface area (Å²) >= 11 is 2.48. The van der Waals surface area contributed by atoms with Gasteiger partial charge in [-0.05, 0) is 5.57 Å². The highest BCUT2D eigenvalue weighted by atomic mass is 32.2. The number of hydrogen-bond acceptors (Lipinski definition) is 10. The van der Waals surface area contributed by atoms with Gasteiger partial charge in [-0.25, -0.2) is 9.78 Å². The number of nitrogen functional groups attached to an aromatic ring is 1. The fraction of sp³-hybridized carbons (Fsp3) is 0.353. The van der Waals surface area contributed by atoms with Gasteiger partial charge in [0.05, 0.1) is 6.61 Å². The minimum atomic E-state index is -1.21. The number of ether oxygens (including phenoxy) is 1. The van der Waals surface area contributed by atoms with Crippen molar-refractivity contribution in [1.82, 2.24) is 15.2 Å². The molecule has 11 nitrogen and oxygen atoms in total. The molecule has 30 heavy (non-hydrogen) atoms. The van der Waals surface area contributed by atoms with Crippen LogP contribution in [0, 0.1) is 0 Å². The molecule has 3 rings (SSSR count). The van der Waals surface area contributed by atoms with Crippen LogP contribution in [0.15, 0.2) is 34.0 Å². The summed E-state index contributed by atoms with van der Waals surface area (Å²) in [6.45, 7) is 0.319. The van der Waals surface area contributed by atoms with Gasteiger partial charge >= 0.3 is 5.97 Å². The number of methoxy groups -OCH3 is 1. The number of amides is 2. The van der Waals surface area contributed by atoms with Gasteiger partial charge in [0, 0.05) is 18.2 Å². The van der Waals surface area contributed by atoms with E-state index < -0.39 is 29.2 Å². The summed E-state index contributed by atoms with van der Waals surface area (Å²) in [5.74, 6) is -2.04. The van der Waals surface area contributed by atoms with Crippen LogP contribution in [0.1, 0.15) is 5.69 Å². The number of carbonyl (C=O) groups excluding carboxylic acids is 2. The first-order valence-corrected chi connectivity index (χ1v) is 10.5. The highest BCUT2D eigenvalue weighted by Gasteiger charge is 2.54. The molecule has 0 aromatic carbocycles. The van der Waals surface area contributed by atoms with Crippen molar-refractivity contribution >= 4 is 51.7 Å². The summed E-state index contributed by atoms with van der Waals surface area (Å²) in [6, 6.07) is -0.903. The number of thiazole rings is 1. The maximum absolute atomic E-state index is 12.7. The highest BCUT2D eigenvalue weighted by molar-refractivity contribution is 8.00. The average Bonchev–Trinajstić information content (AvgIpc) is 3.15. The number of carbonyl (C=O) groups is 3. The third-order valence-corrected chi connectivity index (χ3v) is 6.21. The number of anilines is 1. The first kappa shape index (κ1) is 21.8. The number of nitrogens with one attached hydrogen (secondary N) is 1. The molecular weight excluding hydrogens is 434 g/mol. The monoisotopic (exact) mass is 453 g/mol. The van der Waals surface area contributed by atoms with Gasteiger partial charge in [-0.15, -0.1) is 23.1 Å². The van der Waals surface area contributed by atoms with E-state index in [1.807, 2.05) is 0 Å². The average molecular weight is 454 g/mol. The van der Waals surface area contributed by atoms with E-state index >= 15 is 0 Å². The number of carboxylic acids is 1. The van der Waals surface area contributed by atoms with Gasteiger partial charge in [0.15, 0.2) is 10.8 Å². The van der Waals surface area contributed by atoms with Gasteiger partial charge in [-0.2, -0.15) is 0 Å². The summed E-state index contributed by atoms with van der Waals surface area (Å²) in [4.78, 5) is 47.1. The molecule has 2 aliphatic rings. The third-order valence-electron chi connectivity index (χ3n) is 4.23. The third kappa shape index (κ3) is 4.17. The van der Waals surface area contributed by atoms with Crippen LogP contribution in [0.25, 0.3) is 0 Å². The number of allylic oxidation sites excluding steroid dienone is 1. The van der Waals surface area contributed by atoms with Crippen molar-refractivity contribution in [2.45, 2.75) is 11.4 Å². The predicted molar refractivity (Wildman–Crippen MR) is 111 cm³/mol. The minimum Gasteiger partial charge on any atom is -0.477 e. The van der Waals surface area contributed by atoms with Crippen molar-refractivity contribution in [2.24, 2.45) is 5.16 Å². The largest absolute Gasteiger partial charge is 0.477 e. The minimum absolute atomic E-state index is 0.0975. The van der Waals surface area contributed by atoms with Gasteiger partial charge < -0.3 is 25.7 Å². The molecule has 2 aliphatic heterocycles. The summed E-state index contributed by atoms with van der Waals surface area (Å²) in [6.07, 6.45) is 3.31. The highest BCUT2D eigenvalue weighted by Crippen LogP contribution is 2.40. The number of hydrogen-bond donors (Lipinski definition) is 3. The van der Waals surface area contributed by atoms with E-state index in [1.54, 1.807) is 17.5 Å². The lowest BCUT2D eigenvalue weighted by molar-refractivity contribution is -0.150. The molecule has 1 aromatic heterocycles. The Bertz CT molecular complexity index is 956. The van der Waals surface area contributed by atoms with Crippen LogP contribution >= 0.6 is 23.1 Å². The molecule has 160 valence electrons. The second-order valence-electron chi connectivity index (χ2n) is 6.09. The molecule has 0 spiro atoms. The molecule has 13 heteroatoms. The van der Waals surface area contributed by atoms with Crippen molar-refractivity contribution < 1.29 is 29.1 Å². The maximum Gasteiger partial charge on any atom is 0.352 e. The second kappa shape index (κ2) is 9.28. The Kier molecular flexibility index (Phi) is 6.74. The summed E-state index contributed by atoms with van der Waals surface area (Å²) in [7, 11) is 2.80. The molecule has 0 saturated carbocycles. The number of thioether (sulfide) groups is 1. The van der Waals surface area contributed by atoms with E-state index in [0.29, 0.717) is 17.9 Å². The van der Waals surface area contributed by atoms with Gasteiger partial charge in [-0.3, -0.25) is 14.5 Å². The van der Waals surface area contributed by atoms with E-state index in [4.69, 9.17) is 15.3 Å².